The highest BCUT2D eigenvalue weighted by molar-refractivity contribution is 5.69. The third-order valence-corrected chi connectivity index (χ3v) is 8.82. The summed E-state index contributed by atoms with van der Waals surface area (Å²) in [5.41, 5.74) is 0. The van der Waals surface area contributed by atoms with Crippen molar-refractivity contribution in [2.75, 3.05) is 26.4 Å². The minimum atomic E-state index is -1.54. The van der Waals surface area contributed by atoms with Gasteiger partial charge in [0.1, 0.15) is 30.5 Å². The van der Waals surface area contributed by atoms with Crippen LogP contribution in [0, 0.1) is 0 Å². The van der Waals surface area contributed by atoms with Crippen LogP contribution in [0.25, 0.3) is 0 Å². The highest BCUT2D eigenvalue weighted by atomic mass is 16.7. The summed E-state index contributed by atoms with van der Waals surface area (Å²) in [7, 11) is 0. The molecule has 0 bridgehead atoms. The van der Waals surface area contributed by atoms with Gasteiger partial charge < -0.3 is 39.4 Å². The van der Waals surface area contributed by atoms with E-state index in [9.17, 15) is 25.2 Å². The lowest BCUT2D eigenvalue weighted by molar-refractivity contribution is -0.305. The number of ether oxygens (including phenoxy) is 4. The Bertz CT molecular complexity index is 844. The van der Waals surface area contributed by atoms with Crippen LogP contribution < -0.4 is 0 Å². The van der Waals surface area contributed by atoms with Crippen LogP contribution in [0.15, 0.2) is 36.5 Å². The third-order valence-electron chi connectivity index (χ3n) is 8.82. The molecule has 1 heterocycles. The van der Waals surface area contributed by atoms with Crippen molar-refractivity contribution >= 4 is 5.97 Å². The minimum Gasteiger partial charge on any atom is -0.457 e. The Balaban J connectivity index is 2.35. The van der Waals surface area contributed by atoms with E-state index >= 15 is 0 Å². The van der Waals surface area contributed by atoms with Crippen LogP contribution in [0.4, 0.5) is 0 Å². The fraction of sp³-hybridized carbons (Fsp3) is 0.825. The van der Waals surface area contributed by atoms with Crippen molar-refractivity contribution in [3.8, 4) is 0 Å². The first-order chi connectivity index (χ1) is 23.9. The monoisotopic (exact) mass is 697 g/mol. The van der Waals surface area contributed by atoms with Crippen molar-refractivity contribution in [1.82, 2.24) is 0 Å². The van der Waals surface area contributed by atoms with Crippen molar-refractivity contribution in [1.29, 1.82) is 0 Å². The van der Waals surface area contributed by atoms with Gasteiger partial charge in [0.05, 0.1) is 19.8 Å². The number of esters is 1. The third kappa shape index (κ3) is 24.3. The van der Waals surface area contributed by atoms with Gasteiger partial charge in [0, 0.05) is 13.0 Å². The largest absolute Gasteiger partial charge is 0.457 e. The van der Waals surface area contributed by atoms with E-state index in [1.54, 1.807) is 0 Å². The molecule has 286 valence electrons. The van der Waals surface area contributed by atoms with Gasteiger partial charge in [0.15, 0.2) is 6.29 Å². The lowest BCUT2D eigenvalue weighted by Gasteiger charge is -2.39. The van der Waals surface area contributed by atoms with E-state index < -0.39 is 43.4 Å². The van der Waals surface area contributed by atoms with E-state index in [0.717, 1.165) is 57.8 Å². The maximum Gasteiger partial charge on any atom is 0.306 e. The van der Waals surface area contributed by atoms with E-state index in [1.165, 1.54) is 70.6 Å². The van der Waals surface area contributed by atoms with Crippen molar-refractivity contribution in [3.05, 3.63) is 36.5 Å². The Hall–Kier alpha value is -1.59. The number of aliphatic hydroxyl groups is 4. The fourth-order valence-corrected chi connectivity index (χ4v) is 5.74. The Morgan fingerprint density at radius 2 is 1.24 bits per heavy atom. The predicted octanol–water partition coefficient (Wildman–Crippen LogP) is 7.63. The van der Waals surface area contributed by atoms with Crippen LogP contribution in [0.3, 0.4) is 0 Å². The molecule has 1 fully saturated rings. The Morgan fingerprint density at radius 3 is 1.86 bits per heavy atom. The zero-order chi connectivity index (χ0) is 35.8. The second-order valence-corrected chi connectivity index (χ2v) is 13.4. The van der Waals surface area contributed by atoms with Gasteiger partial charge in [-0.15, -0.1) is 0 Å². The number of aliphatic hydroxyl groups excluding tert-OH is 4. The molecule has 0 radical (unpaired) electrons. The average molecular weight is 697 g/mol. The van der Waals surface area contributed by atoms with Crippen LogP contribution in [0.1, 0.15) is 149 Å². The molecule has 6 atom stereocenters. The van der Waals surface area contributed by atoms with Crippen LogP contribution in [0.5, 0.6) is 0 Å². The fourth-order valence-electron chi connectivity index (χ4n) is 5.74. The maximum atomic E-state index is 12.7. The molecule has 1 rings (SSSR count). The molecular weight excluding hydrogens is 624 g/mol. The molecule has 1 aliphatic heterocycles. The van der Waals surface area contributed by atoms with Crippen molar-refractivity contribution in [2.45, 2.75) is 185 Å². The summed E-state index contributed by atoms with van der Waals surface area (Å²) in [5, 5.41) is 39.9. The predicted molar refractivity (Wildman–Crippen MR) is 196 cm³/mol. The maximum absolute atomic E-state index is 12.7. The summed E-state index contributed by atoms with van der Waals surface area (Å²) in [4.78, 5) is 12.7. The number of rotatable bonds is 32. The standard InChI is InChI=1S/C40H72O9/c1-3-5-7-9-11-13-15-17-19-21-23-25-27-29-36(42)48-34(33-47-40-39(45)38(44)37(43)35(31-41)49-40)32-46-30-28-26-24-22-20-18-16-14-12-10-8-6-4-2/h5,7,11,13,17,19,34-35,37-41,43-45H,3-4,6,8-10,12,14-16,18,20-33H2,1-2H3/b7-5-,13-11-,19-17-. The van der Waals surface area contributed by atoms with Crippen LogP contribution in [-0.4, -0.2) is 89.6 Å². The van der Waals surface area contributed by atoms with E-state index in [0.29, 0.717) is 6.61 Å². The quantitative estimate of drug-likeness (QED) is 0.0318. The number of carbonyl (C=O) groups excluding carboxylic acids is 1. The molecule has 1 saturated heterocycles. The second-order valence-electron chi connectivity index (χ2n) is 13.4. The average Bonchev–Trinajstić information content (AvgIpc) is 3.10. The molecular formula is C40H72O9. The summed E-state index contributed by atoms with van der Waals surface area (Å²) >= 11 is 0. The number of unbranched alkanes of at least 4 members (excludes halogenated alkanes) is 15. The zero-order valence-electron chi connectivity index (χ0n) is 30.9. The Kier molecular flexibility index (Phi) is 30.0. The van der Waals surface area contributed by atoms with Crippen LogP contribution in [0.2, 0.25) is 0 Å². The van der Waals surface area contributed by atoms with Gasteiger partial charge in [0.2, 0.25) is 0 Å². The SMILES string of the molecule is CC/C=C\C/C=C\C/C=C\CCCCCC(=O)OC(COCCCCCCCCCCCCCCC)COC1OC(CO)C(O)C(O)C1O. The molecule has 0 aromatic heterocycles. The summed E-state index contributed by atoms with van der Waals surface area (Å²) in [5.74, 6) is -0.343. The highest BCUT2D eigenvalue weighted by Gasteiger charge is 2.44. The minimum absolute atomic E-state index is 0.124. The number of hydrogen-bond acceptors (Lipinski definition) is 9. The van der Waals surface area contributed by atoms with E-state index in [-0.39, 0.29) is 25.6 Å². The highest BCUT2D eigenvalue weighted by Crippen LogP contribution is 2.22. The van der Waals surface area contributed by atoms with Gasteiger partial charge in [-0.3, -0.25) is 4.79 Å². The normalized spacial score (nSPS) is 22.1. The van der Waals surface area contributed by atoms with Gasteiger partial charge >= 0.3 is 5.97 Å². The Morgan fingerprint density at radius 1 is 0.673 bits per heavy atom. The first kappa shape index (κ1) is 45.4. The van der Waals surface area contributed by atoms with Gasteiger partial charge in [-0.25, -0.2) is 0 Å². The molecule has 0 amide bonds. The van der Waals surface area contributed by atoms with Gasteiger partial charge in [-0.05, 0) is 44.9 Å². The van der Waals surface area contributed by atoms with Crippen LogP contribution in [-0.2, 0) is 23.7 Å². The lowest BCUT2D eigenvalue weighted by atomic mass is 9.99. The molecule has 9 heteroatoms. The molecule has 0 spiro atoms. The second kappa shape index (κ2) is 32.3. The first-order valence-electron chi connectivity index (χ1n) is 19.6. The molecule has 0 aromatic carbocycles. The molecule has 0 aromatic rings. The van der Waals surface area contributed by atoms with Gasteiger partial charge in [-0.1, -0.05) is 134 Å². The molecule has 6 unspecified atom stereocenters. The molecule has 0 saturated carbocycles. The molecule has 9 nitrogen and oxygen atoms in total. The van der Waals surface area contributed by atoms with E-state index in [4.69, 9.17) is 18.9 Å². The van der Waals surface area contributed by atoms with Crippen molar-refractivity contribution in [3.63, 3.8) is 0 Å². The number of hydrogen-bond donors (Lipinski definition) is 4. The van der Waals surface area contributed by atoms with Crippen molar-refractivity contribution in [2.24, 2.45) is 0 Å². The van der Waals surface area contributed by atoms with Gasteiger partial charge in [0.25, 0.3) is 0 Å². The number of carbonyl (C=O) groups is 1. The van der Waals surface area contributed by atoms with Crippen LogP contribution >= 0.6 is 0 Å². The number of allylic oxidation sites excluding steroid dienone is 6. The summed E-state index contributed by atoms with van der Waals surface area (Å²) < 4.78 is 22.7. The summed E-state index contributed by atoms with van der Waals surface area (Å²) in [6.45, 7) is 4.40. The first-order valence-corrected chi connectivity index (χ1v) is 19.6. The smallest absolute Gasteiger partial charge is 0.306 e. The molecule has 0 aliphatic carbocycles. The Labute approximate surface area is 298 Å². The van der Waals surface area contributed by atoms with E-state index in [2.05, 4.69) is 50.3 Å². The topological polar surface area (TPSA) is 135 Å². The summed E-state index contributed by atoms with van der Waals surface area (Å²) in [6.07, 6.45) is 28.8. The summed E-state index contributed by atoms with van der Waals surface area (Å²) in [6, 6.07) is 0. The van der Waals surface area contributed by atoms with Crippen molar-refractivity contribution < 1.29 is 44.2 Å². The molecule has 49 heavy (non-hydrogen) atoms. The molecule has 1 aliphatic rings. The van der Waals surface area contributed by atoms with E-state index in [1.807, 2.05) is 0 Å². The lowest BCUT2D eigenvalue weighted by Crippen LogP contribution is -2.59. The van der Waals surface area contributed by atoms with Gasteiger partial charge in [-0.2, -0.15) is 0 Å². The molecule has 4 N–H and O–H groups in total. The zero-order valence-corrected chi connectivity index (χ0v) is 30.9.